The van der Waals surface area contributed by atoms with Crippen LogP contribution in [0.5, 0.6) is 0 Å². The number of rotatable bonds is 3. The summed E-state index contributed by atoms with van der Waals surface area (Å²) in [7, 11) is 0. The predicted molar refractivity (Wildman–Crippen MR) is 71.3 cm³/mol. The molecule has 3 heteroatoms. The van der Waals surface area contributed by atoms with Crippen LogP contribution in [0.2, 0.25) is 5.02 Å². The van der Waals surface area contributed by atoms with Crippen molar-refractivity contribution in [2.45, 2.75) is 31.7 Å². The molecule has 1 aliphatic heterocycles. The van der Waals surface area contributed by atoms with E-state index in [2.05, 4.69) is 11.8 Å². The molecule has 1 aliphatic rings. The van der Waals surface area contributed by atoms with Gasteiger partial charge in [-0.25, -0.2) is 0 Å². The molecule has 1 unspecified atom stereocenters. The molecule has 0 saturated carbocycles. The smallest absolute Gasteiger partial charge is 0.0680 e. The maximum atomic E-state index is 9.82. The van der Waals surface area contributed by atoms with Crippen molar-refractivity contribution in [1.82, 2.24) is 4.90 Å². The highest BCUT2D eigenvalue weighted by molar-refractivity contribution is 6.31. The number of piperidine rings is 1. The third-order valence-electron chi connectivity index (χ3n) is 3.82. The van der Waals surface area contributed by atoms with Crippen molar-refractivity contribution in [3.63, 3.8) is 0 Å². The van der Waals surface area contributed by atoms with Gasteiger partial charge in [0.15, 0.2) is 0 Å². The van der Waals surface area contributed by atoms with Crippen molar-refractivity contribution >= 4 is 11.6 Å². The van der Waals surface area contributed by atoms with Gasteiger partial charge in [-0.3, -0.25) is 4.90 Å². The maximum absolute atomic E-state index is 9.82. The zero-order chi connectivity index (χ0) is 12.3. The molecular formula is C14H20ClNO. The largest absolute Gasteiger partial charge is 0.394 e. The summed E-state index contributed by atoms with van der Waals surface area (Å²) in [6, 6.07) is 7.83. The summed E-state index contributed by atoms with van der Waals surface area (Å²) in [4.78, 5) is 2.36. The van der Waals surface area contributed by atoms with Crippen molar-refractivity contribution in [3.8, 4) is 0 Å². The molecule has 0 spiro atoms. The number of aliphatic hydroxyl groups excluding tert-OH is 1. The number of nitrogens with zero attached hydrogens (tertiary/aromatic N) is 1. The first-order valence-corrected chi connectivity index (χ1v) is 6.67. The van der Waals surface area contributed by atoms with E-state index in [-0.39, 0.29) is 12.1 Å². The first-order valence-electron chi connectivity index (χ1n) is 6.29. The molecule has 1 fully saturated rings. The fourth-order valence-corrected chi connectivity index (χ4v) is 2.98. The Bertz CT molecular complexity index is 376. The topological polar surface area (TPSA) is 23.5 Å². The second kappa shape index (κ2) is 5.38. The van der Waals surface area contributed by atoms with Crippen LogP contribution in [0.15, 0.2) is 24.3 Å². The average molecular weight is 254 g/mol. The van der Waals surface area contributed by atoms with Gasteiger partial charge < -0.3 is 5.11 Å². The summed E-state index contributed by atoms with van der Waals surface area (Å²) < 4.78 is 0. The Kier molecular flexibility index (Phi) is 4.08. The van der Waals surface area contributed by atoms with E-state index in [9.17, 15) is 5.11 Å². The highest BCUT2D eigenvalue weighted by Gasteiger charge is 2.35. The molecule has 1 saturated heterocycles. The second-order valence-corrected chi connectivity index (χ2v) is 5.37. The first-order chi connectivity index (χ1) is 8.18. The summed E-state index contributed by atoms with van der Waals surface area (Å²) in [5.41, 5.74) is 0.685. The lowest BCUT2D eigenvalue weighted by Crippen LogP contribution is -2.49. The fraction of sp³-hybridized carbons (Fsp3) is 0.571. The highest BCUT2D eigenvalue weighted by atomic mass is 35.5. The lowest BCUT2D eigenvalue weighted by atomic mass is 9.89. The Balaban J connectivity index is 2.32. The molecule has 0 radical (unpaired) electrons. The Hall–Kier alpha value is -0.570. The van der Waals surface area contributed by atoms with E-state index in [1.807, 2.05) is 24.3 Å². The van der Waals surface area contributed by atoms with Crippen LogP contribution in [0.1, 0.15) is 31.7 Å². The minimum absolute atomic E-state index is 0.108. The molecule has 17 heavy (non-hydrogen) atoms. The van der Waals surface area contributed by atoms with Gasteiger partial charge in [0.1, 0.15) is 0 Å². The number of likely N-dealkylation sites (tertiary alicyclic amines) is 1. The second-order valence-electron chi connectivity index (χ2n) is 4.96. The Morgan fingerprint density at radius 2 is 1.88 bits per heavy atom. The van der Waals surface area contributed by atoms with E-state index in [4.69, 9.17) is 11.6 Å². The van der Waals surface area contributed by atoms with E-state index >= 15 is 0 Å². The molecule has 1 N–H and O–H groups in total. The molecule has 1 aromatic carbocycles. The quantitative estimate of drug-likeness (QED) is 0.895. The normalized spacial score (nSPS) is 21.1. The summed E-state index contributed by atoms with van der Waals surface area (Å²) in [5, 5.41) is 10.6. The average Bonchev–Trinajstić information content (AvgIpc) is 2.39. The molecule has 94 valence electrons. The molecule has 0 aliphatic carbocycles. The van der Waals surface area contributed by atoms with Gasteiger partial charge >= 0.3 is 0 Å². The van der Waals surface area contributed by atoms with Gasteiger partial charge in [-0.15, -0.1) is 0 Å². The van der Waals surface area contributed by atoms with Crippen molar-refractivity contribution < 1.29 is 5.11 Å². The molecule has 0 amide bonds. The van der Waals surface area contributed by atoms with Crippen LogP contribution in [0.4, 0.5) is 0 Å². The number of hydrogen-bond donors (Lipinski definition) is 1. The number of benzene rings is 1. The number of hydrogen-bond acceptors (Lipinski definition) is 2. The third-order valence-corrected chi connectivity index (χ3v) is 4.15. The van der Waals surface area contributed by atoms with Crippen LogP contribution < -0.4 is 0 Å². The number of halogens is 1. The van der Waals surface area contributed by atoms with Crippen molar-refractivity contribution in [2.24, 2.45) is 0 Å². The lowest BCUT2D eigenvalue weighted by molar-refractivity contribution is 0.0261. The van der Waals surface area contributed by atoms with Gasteiger partial charge in [-0.1, -0.05) is 36.2 Å². The highest BCUT2D eigenvalue weighted by Crippen LogP contribution is 2.34. The standard InChI is InChI=1S/C14H20ClNO/c1-14(11-17,16-9-5-2-6-10-16)12-7-3-4-8-13(12)15/h3-4,7-8,17H,2,5-6,9-11H2,1H3. The molecule has 0 bridgehead atoms. The van der Waals surface area contributed by atoms with Gasteiger partial charge in [-0.05, 0) is 44.5 Å². The van der Waals surface area contributed by atoms with Crippen LogP contribution in [0, 0.1) is 0 Å². The zero-order valence-corrected chi connectivity index (χ0v) is 11.1. The Morgan fingerprint density at radius 1 is 1.24 bits per heavy atom. The molecule has 1 atom stereocenters. The van der Waals surface area contributed by atoms with Crippen LogP contribution >= 0.6 is 11.6 Å². The number of aliphatic hydroxyl groups is 1. The van der Waals surface area contributed by atoms with Crippen molar-refractivity contribution in [2.75, 3.05) is 19.7 Å². The molecule has 2 rings (SSSR count). The molecule has 0 aromatic heterocycles. The summed E-state index contributed by atoms with van der Waals surface area (Å²) in [6.07, 6.45) is 3.71. The van der Waals surface area contributed by atoms with Crippen LogP contribution in [0.25, 0.3) is 0 Å². The minimum atomic E-state index is -0.348. The summed E-state index contributed by atoms with van der Waals surface area (Å²) in [6.45, 7) is 4.28. The van der Waals surface area contributed by atoms with Crippen LogP contribution in [-0.2, 0) is 5.54 Å². The minimum Gasteiger partial charge on any atom is -0.394 e. The van der Waals surface area contributed by atoms with Gasteiger partial charge in [0, 0.05) is 5.02 Å². The van der Waals surface area contributed by atoms with E-state index < -0.39 is 0 Å². The van der Waals surface area contributed by atoms with Gasteiger partial charge in [0.25, 0.3) is 0 Å². The van der Waals surface area contributed by atoms with E-state index in [0.29, 0.717) is 0 Å². The Morgan fingerprint density at radius 3 is 2.47 bits per heavy atom. The fourth-order valence-electron chi connectivity index (χ4n) is 2.64. The third kappa shape index (κ3) is 2.49. The van der Waals surface area contributed by atoms with Gasteiger partial charge in [-0.2, -0.15) is 0 Å². The van der Waals surface area contributed by atoms with E-state index in [1.165, 1.54) is 19.3 Å². The van der Waals surface area contributed by atoms with Gasteiger partial charge in [0.2, 0.25) is 0 Å². The summed E-state index contributed by atoms with van der Waals surface area (Å²) in [5.74, 6) is 0. The molecule has 1 heterocycles. The van der Waals surface area contributed by atoms with E-state index in [0.717, 1.165) is 23.7 Å². The summed E-state index contributed by atoms with van der Waals surface area (Å²) >= 11 is 6.27. The monoisotopic (exact) mass is 253 g/mol. The van der Waals surface area contributed by atoms with Gasteiger partial charge in [0.05, 0.1) is 12.1 Å². The van der Waals surface area contributed by atoms with E-state index in [1.54, 1.807) is 0 Å². The molecule has 1 aromatic rings. The maximum Gasteiger partial charge on any atom is 0.0680 e. The predicted octanol–water partition coefficient (Wildman–Crippen LogP) is 3.03. The lowest BCUT2D eigenvalue weighted by Gasteiger charge is -2.43. The van der Waals surface area contributed by atoms with Crippen LogP contribution in [0.3, 0.4) is 0 Å². The Labute approximate surface area is 108 Å². The SMILES string of the molecule is CC(CO)(c1ccccc1Cl)N1CCCCC1. The van der Waals surface area contributed by atoms with Crippen LogP contribution in [-0.4, -0.2) is 29.7 Å². The van der Waals surface area contributed by atoms with Crippen molar-refractivity contribution in [3.05, 3.63) is 34.9 Å². The first kappa shape index (κ1) is 12.9. The molecule has 2 nitrogen and oxygen atoms in total. The van der Waals surface area contributed by atoms with Crippen molar-refractivity contribution in [1.29, 1.82) is 0 Å². The molecular weight excluding hydrogens is 234 g/mol. The zero-order valence-electron chi connectivity index (χ0n) is 10.3.